The van der Waals surface area contributed by atoms with Gasteiger partial charge in [0.15, 0.2) is 0 Å². The zero-order valence-electron chi connectivity index (χ0n) is 22.5. The number of hydrogen-bond acceptors (Lipinski definition) is 5. The van der Waals surface area contributed by atoms with Crippen LogP contribution in [0.2, 0.25) is 0 Å². The lowest BCUT2D eigenvalue weighted by Gasteiger charge is -2.29. The molecule has 1 aliphatic heterocycles. The van der Waals surface area contributed by atoms with Gasteiger partial charge in [-0.2, -0.15) is 0 Å². The molecule has 206 valence electrons. The third kappa shape index (κ3) is 6.13. The van der Waals surface area contributed by atoms with Crippen LogP contribution in [-0.2, 0) is 16.6 Å². The van der Waals surface area contributed by atoms with Gasteiger partial charge in [-0.15, -0.1) is 0 Å². The van der Waals surface area contributed by atoms with Gasteiger partial charge in [0.25, 0.3) is 15.9 Å². The van der Waals surface area contributed by atoms with Gasteiger partial charge in [0.1, 0.15) is 5.75 Å². The normalized spacial score (nSPS) is 13.5. The highest BCUT2D eigenvalue weighted by Crippen LogP contribution is 2.31. The standard InChI is InChI=1S/C32H33N3O4S/c1-39-28-18-20-29(21-19-28)40(37,38)35(24-25-10-4-2-5-11-25)31-13-7-6-12-30(31)32(36)33-26-14-16-27(17-15-26)34-22-8-3-9-23-34/h2,4-7,10-21H,3,8-9,22-24H2,1H3,(H,33,36). The number of para-hydroxylation sites is 1. The number of hydrogen-bond donors (Lipinski definition) is 1. The number of methoxy groups -OCH3 is 1. The van der Waals surface area contributed by atoms with Gasteiger partial charge in [-0.3, -0.25) is 9.10 Å². The van der Waals surface area contributed by atoms with Gasteiger partial charge in [-0.05, 0) is 85.5 Å². The van der Waals surface area contributed by atoms with E-state index < -0.39 is 10.0 Å². The van der Waals surface area contributed by atoms with E-state index in [1.54, 1.807) is 36.4 Å². The fourth-order valence-corrected chi connectivity index (χ4v) is 6.38. The maximum absolute atomic E-state index is 14.0. The summed E-state index contributed by atoms with van der Waals surface area (Å²) in [6.07, 6.45) is 3.64. The number of sulfonamides is 1. The van der Waals surface area contributed by atoms with Gasteiger partial charge >= 0.3 is 0 Å². The van der Waals surface area contributed by atoms with Crippen LogP contribution in [-0.4, -0.2) is 34.5 Å². The minimum atomic E-state index is -4.03. The molecule has 5 rings (SSSR count). The number of nitrogens with zero attached hydrogens (tertiary/aromatic N) is 2. The molecule has 0 radical (unpaired) electrons. The molecule has 4 aromatic carbocycles. The van der Waals surface area contributed by atoms with Gasteiger partial charge < -0.3 is 15.0 Å². The molecule has 1 saturated heterocycles. The average Bonchev–Trinajstić information content (AvgIpc) is 3.01. The number of benzene rings is 4. The zero-order valence-corrected chi connectivity index (χ0v) is 23.3. The van der Waals surface area contributed by atoms with Crippen LogP contribution in [0.4, 0.5) is 17.1 Å². The predicted octanol–water partition coefficient (Wildman–Crippen LogP) is 6.33. The van der Waals surface area contributed by atoms with Crippen LogP contribution in [0, 0.1) is 0 Å². The molecule has 0 unspecified atom stereocenters. The molecule has 8 heteroatoms. The van der Waals surface area contributed by atoms with Gasteiger partial charge in [0.2, 0.25) is 0 Å². The number of piperidine rings is 1. The molecule has 1 amide bonds. The Kier molecular flexibility index (Phi) is 8.36. The Balaban J connectivity index is 1.46. The SMILES string of the molecule is COc1ccc(S(=O)(=O)N(Cc2ccccc2)c2ccccc2C(=O)Nc2ccc(N3CCCCC3)cc2)cc1. The van der Waals surface area contributed by atoms with Crippen LogP contribution >= 0.6 is 0 Å². The maximum Gasteiger partial charge on any atom is 0.264 e. The Morgan fingerprint density at radius 2 is 1.48 bits per heavy atom. The van der Waals surface area contributed by atoms with E-state index in [1.807, 2.05) is 54.6 Å². The number of carbonyl (C=O) groups excluding carboxylic acids is 1. The Labute approximate surface area is 236 Å². The van der Waals surface area contributed by atoms with Crippen molar-refractivity contribution in [3.05, 3.63) is 114 Å². The van der Waals surface area contributed by atoms with Crippen LogP contribution in [0.15, 0.2) is 108 Å². The summed E-state index contributed by atoms with van der Waals surface area (Å²) in [5.41, 5.74) is 3.13. The van der Waals surface area contributed by atoms with Crippen molar-refractivity contribution in [3.8, 4) is 5.75 Å². The number of nitrogens with one attached hydrogen (secondary N) is 1. The number of carbonyl (C=O) groups is 1. The second-order valence-electron chi connectivity index (χ2n) is 9.74. The Morgan fingerprint density at radius 1 is 0.825 bits per heavy atom. The van der Waals surface area contributed by atoms with E-state index >= 15 is 0 Å². The summed E-state index contributed by atoms with van der Waals surface area (Å²) in [5, 5.41) is 2.96. The van der Waals surface area contributed by atoms with Crippen molar-refractivity contribution in [3.63, 3.8) is 0 Å². The van der Waals surface area contributed by atoms with Crippen molar-refractivity contribution in [2.45, 2.75) is 30.7 Å². The van der Waals surface area contributed by atoms with Crippen molar-refractivity contribution in [2.24, 2.45) is 0 Å². The van der Waals surface area contributed by atoms with E-state index in [4.69, 9.17) is 4.74 Å². The molecular formula is C32H33N3O4S. The molecule has 0 spiro atoms. The van der Waals surface area contributed by atoms with Crippen molar-refractivity contribution in [1.29, 1.82) is 0 Å². The second-order valence-corrected chi connectivity index (χ2v) is 11.6. The molecule has 4 aromatic rings. The summed E-state index contributed by atoms with van der Waals surface area (Å²) in [6, 6.07) is 30.2. The minimum Gasteiger partial charge on any atom is -0.497 e. The molecule has 0 saturated carbocycles. The molecule has 1 aliphatic rings. The maximum atomic E-state index is 14.0. The molecule has 7 nitrogen and oxygen atoms in total. The highest BCUT2D eigenvalue weighted by Gasteiger charge is 2.29. The van der Waals surface area contributed by atoms with E-state index in [-0.39, 0.29) is 22.9 Å². The average molecular weight is 556 g/mol. The van der Waals surface area contributed by atoms with E-state index in [9.17, 15) is 13.2 Å². The van der Waals surface area contributed by atoms with Gasteiger partial charge in [-0.25, -0.2) is 8.42 Å². The number of ether oxygens (including phenoxy) is 1. The first-order chi connectivity index (χ1) is 19.5. The first-order valence-corrected chi connectivity index (χ1v) is 14.9. The smallest absolute Gasteiger partial charge is 0.264 e. The molecular weight excluding hydrogens is 522 g/mol. The Bertz CT molecular complexity index is 1530. The molecule has 1 heterocycles. The first kappa shape index (κ1) is 27.3. The van der Waals surface area contributed by atoms with Crippen LogP contribution in [0.5, 0.6) is 5.75 Å². The molecule has 0 atom stereocenters. The lowest BCUT2D eigenvalue weighted by atomic mass is 10.1. The van der Waals surface area contributed by atoms with Gasteiger partial charge in [0.05, 0.1) is 29.8 Å². The second kappa shape index (κ2) is 12.3. The predicted molar refractivity (Wildman–Crippen MR) is 160 cm³/mol. The Morgan fingerprint density at radius 3 is 2.15 bits per heavy atom. The number of amides is 1. The lowest BCUT2D eigenvalue weighted by Crippen LogP contribution is -2.32. The molecule has 1 N–H and O–H groups in total. The van der Waals surface area contributed by atoms with E-state index in [2.05, 4.69) is 10.2 Å². The van der Waals surface area contributed by atoms with Gasteiger partial charge in [0, 0.05) is 24.5 Å². The fraction of sp³-hybridized carbons (Fsp3) is 0.219. The highest BCUT2D eigenvalue weighted by molar-refractivity contribution is 7.92. The van der Waals surface area contributed by atoms with Crippen LogP contribution in [0.1, 0.15) is 35.2 Å². The molecule has 0 aromatic heterocycles. The van der Waals surface area contributed by atoms with Crippen LogP contribution in [0.25, 0.3) is 0 Å². The molecule has 40 heavy (non-hydrogen) atoms. The fourth-order valence-electron chi connectivity index (χ4n) is 4.91. The monoisotopic (exact) mass is 555 g/mol. The van der Waals surface area contributed by atoms with Crippen LogP contribution < -0.4 is 19.3 Å². The lowest BCUT2D eigenvalue weighted by molar-refractivity contribution is 0.102. The zero-order chi connectivity index (χ0) is 28.0. The molecule has 0 aliphatic carbocycles. The summed E-state index contributed by atoms with van der Waals surface area (Å²) in [7, 11) is -2.50. The number of rotatable bonds is 9. The molecule has 1 fully saturated rings. The molecule has 0 bridgehead atoms. The van der Waals surface area contributed by atoms with Crippen molar-refractivity contribution >= 4 is 33.0 Å². The topological polar surface area (TPSA) is 79.0 Å². The van der Waals surface area contributed by atoms with E-state index in [1.165, 1.54) is 42.8 Å². The summed E-state index contributed by atoms with van der Waals surface area (Å²) < 4.78 is 34.5. The highest BCUT2D eigenvalue weighted by atomic mass is 32.2. The third-order valence-corrected chi connectivity index (χ3v) is 8.85. The minimum absolute atomic E-state index is 0.0596. The summed E-state index contributed by atoms with van der Waals surface area (Å²) in [6.45, 7) is 2.14. The van der Waals surface area contributed by atoms with Crippen molar-refractivity contribution < 1.29 is 17.9 Å². The first-order valence-electron chi connectivity index (χ1n) is 13.4. The summed E-state index contributed by atoms with van der Waals surface area (Å²) in [5.74, 6) is 0.170. The third-order valence-electron chi connectivity index (χ3n) is 7.08. The van der Waals surface area contributed by atoms with Gasteiger partial charge in [-0.1, -0.05) is 42.5 Å². The van der Waals surface area contributed by atoms with Crippen molar-refractivity contribution in [2.75, 3.05) is 34.7 Å². The van der Waals surface area contributed by atoms with E-state index in [0.29, 0.717) is 17.1 Å². The van der Waals surface area contributed by atoms with E-state index in [0.717, 1.165) is 24.3 Å². The quantitative estimate of drug-likeness (QED) is 0.261. The summed E-state index contributed by atoms with van der Waals surface area (Å²) >= 11 is 0. The Hall–Kier alpha value is -4.30. The largest absolute Gasteiger partial charge is 0.497 e. The van der Waals surface area contributed by atoms with Crippen LogP contribution in [0.3, 0.4) is 0 Å². The number of anilines is 3. The van der Waals surface area contributed by atoms with Crippen molar-refractivity contribution in [1.82, 2.24) is 0 Å². The summed E-state index contributed by atoms with van der Waals surface area (Å²) in [4.78, 5) is 16.0.